The zero-order valence-electron chi connectivity index (χ0n) is 11.1. The van der Waals surface area contributed by atoms with Crippen LogP contribution in [0, 0.1) is 0 Å². The third-order valence-corrected chi connectivity index (χ3v) is 3.26. The van der Waals surface area contributed by atoms with Crippen molar-refractivity contribution in [1.82, 2.24) is 0 Å². The predicted molar refractivity (Wildman–Crippen MR) is 79.0 cm³/mol. The molecule has 0 aliphatic rings. The van der Waals surface area contributed by atoms with Crippen LogP contribution >= 0.6 is 0 Å². The van der Waals surface area contributed by atoms with Crippen molar-refractivity contribution in [3.8, 4) is 0 Å². The second-order valence-corrected chi connectivity index (χ2v) is 4.57. The molecule has 1 aromatic heterocycles. The van der Waals surface area contributed by atoms with Gasteiger partial charge < -0.3 is 9.15 Å². The summed E-state index contributed by atoms with van der Waals surface area (Å²) in [7, 11) is 0. The maximum Gasteiger partial charge on any atom is 0.135 e. The van der Waals surface area contributed by atoms with Gasteiger partial charge in [0.25, 0.3) is 0 Å². The van der Waals surface area contributed by atoms with E-state index in [-0.39, 0.29) is 0 Å². The Kier molecular flexibility index (Phi) is 3.00. The van der Waals surface area contributed by atoms with Crippen LogP contribution in [0.25, 0.3) is 27.5 Å². The van der Waals surface area contributed by atoms with E-state index in [0.29, 0.717) is 6.61 Å². The molecule has 0 unspecified atom stereocenters. The van der Waals surface area contributed by atoms with Crippen molar-refractivity contribution < 1.29 is 9.15 Å². The molecule has 1 heterocycles. The summed E-state index contributed by atoms with van der Waals surface area (Å²) >= 11 is 0. The standard InChI is InChI=1S/C17H16O2/c1-3-18-11-12(2)13-8-9-17-15(10-13)14-6-4-5-7-16(14)19-17/h4-11H,3H2,1-2H3. The van der Waals surface area contributed by atoms with Gasteiger partial charge in [0, 0.05) is 10.8 Å². The third-order valence-electron chi connectivity index (χ3n) is 3.26. The van der Waals surface area contributed by atoms with Crippen LogP contribution in [-0.2, 0) is 4.74 Å². The molecule has 2 aromatic carbocycles. The summed E-state index contributed by atoms with van der Waals surface area (Å²) in [5.41, 5.74) is 4.14. The van der Waals surface area contributed by atoms with E-state index in [1.807, 2.05) is 37.5 Å². The maximum atomic E-state index is 5.82. The molecule has 0 radical (unpaired) electrons. The van der Waals surface area contributed by atoms with Gasteiger partial charge in [-0.05, 0) is 43.2 Å². The highest BCUT2D eigenvalue weighted by Gasteiger charge is 2.07. The number of hydrogen-bond donors (Lipinski definition) is 0. The lowest BCUT2D eigenvalue weighted by atomic mass is 10.0. The van der Waals surface area contributed by atoms with Gasteiger partial charge in [0.1, 0.15) is 11.2 Å². The Morgan fingerprint density at radius 1 is 1.11 bits per heavy atom. The van der Waals surface area contributed by atoms with Crippen molar-refractivity contribution in [1.29, 1.82) is 0 Å². The molecule has 0 atom stereocenters. The second-order valence-electron chi connectivity index (χ2n) is 4.57. The molecule has 96 valence electrons. The van der Waals surface area contributed by atoms with Crippen molar-refractivity contribution in [2.24, 2.45) is 0 Å². The average Bonchev–Trinajstić information content (AvgIpc) is 2.82. The van der Waals surface area contributed by atoms with E-state index in [9.17, 15) is 0 Å². The molecule has 3 aromatic rings. The Hall–Kier alpha value is -2.22. The van der Waals surface area contributed by atoms with E-state index in [1.165, 1.54) is 0 Å². The van der Waals surface area contributed by atoms with E-state index in [1.54, 1.807) is 0 Å². The van der Waals surface area contributed by atoms with Crippen LogP contribution in [-0.4, -0.2) is 6.61 Å². The molecule has 2 heteroatoms. The highest BCUT2D eigenvalue weighted by atomic mass is 16.5. The van der Waals surface area contributed by atoms with Crippen LogP contribution in [0.5, 0.6) is 0 Å². The zero-order chi connectivity index (χ0) is 13.2. The van der Waals surface area contributed by atoms with Crippen molar-refractivity contribution in [3.63, 3.8) is 0 Å². The SMILES string of the molecule is CCOC=C(C)c1ccc2oc3ccccc3c2c1. The molecular weight excluding hydrogens is 236 g/mol. The molecule has 3 rings (SSSR count). The van der Waals surface area contributed by atoms with Gasteiger partial charge in [0.2, 0.25) is 0 Å². The van der Waals surface area contributed by atoms with Gasteiger partial charge in [-0.2, -0.15) is 0 Å². The molecule has 0 N–H and O–H groups in total. The van der Waals surface area contributed by atoms with E-state index >= 15 is 0 Å². The minimum atomic E-state index is 0.689. The monoisotopic (exact) mass is 252 g/mol. The Morgan fingerprint density at radius 3 is 2.74 bits per heavy atom. The van der Waals surface area contributed by atoms with Gasteiger partial charge in [0.15, 0.2) is 0 Å². The van der Waals surface area contributed by atoms with E-state index in [4.69, 9.17) is 9.15 Å². The summed E-state index contributed by atoms with van der Waals surface area (Å²) in [6, 6.07) is 14.4. The molecule has 0 saturated carbocycles. The largest absolute Gasteiger partial charge is 0.501 e. The number of para-hydroxylation sites is 1. The van der Waals surface area contributed by atoms with Crippen LogP contribution < -0.4 is 0 Å². The molecule has 0 spiro atoms. The highest BCUT2D eigenvalue weighted by molar-refractivity contribution is 6.05. The first-order chi connectivity index (χ1) is 9.29. The maximum absolute atomic E-state index is 5.82. The first-order valence-electron chi connectivity index (χ1n) is 6.49. The van der Waals surface area contributed by atoms with Gasteiger partial charge in [-0.25, -0.2) is 0 Å². The molecule has 2 nitrogen and oxygen atoms in total. The number of benzene rings is 2. The smallest absolute Gasteiger partial charge is 0.135 e. The van der Waals surface area contributed by atoms with Crippen molar-refractivity contribution in [3.05, 3.63) is 54.3 Å². The number of ether oxygens (including phenoxy) is 1. The number of furan rings is 1. The number of hydrogen-bond acceptors (Lipinski definition) is 2. The topological polar surface area (TPSA) is 22.4 Å². The fraction of sp³-hybridized carbons (Fsp3) is 0.176. The Labute approximate surface area is 112 Å². The Morgan fingerprint density at radius 2 is 1.89 bits per heavy atom. The molecule has 0 aliphatic heterocycles. The minimum Gasteiger partial charge on any atom is -0.501 e. The van der Waals surface area contributed by atoms with Crippen LogP contribution in [0.4, 0.5) is 0 Å². The lowest BCUT2D eigenvalue weighted by Crippen LogP contribution is -1.83. The summed E-state index contributed by atoms with van der Waals surface area (Å²) in [6.07, 6.45) is 1.81. The van der Waals surface area contributed by atoms with Crippen LogP contribution in [0.3, 0.4) is 0 Å². The molecule has 0 aliphatic carbocycles. The van der Waals surface area contributed by atoms with Crippen LogP contribution in [0.2, 0.25) is 0 Å². The molecule has 0 saturated heterocycles. The quantitative estimate of drug-likeness (QED) is 0.613. The first-order valence-corrected chi connectivity index (χ1v) is 6.49. The third kappa shape index (κ3) is 2.10. The molecule has 0 amide bonds. The summed E-state index contributed by atoms with van der Waals surface area (Å²) < 4.78 is 11.2. The molecule has 0 bridgehead atoms. The predicted octanol–water partition coefficient (Wildman–Crippen LogP) is 4.98. The zero-order valence-corrected chi connectivity index (χ0v) is 11.1. The summed E-state index contributed by atoms with van der Waals surface area (Å²) in [5, 5.41) is 2.31. The lowest BCUT2D eigenvalue weighted by Gasteiger charge is -2.02. The molecular formula is C17H16O2. The minimum absolute atomic E-state index is 0.689. The van der Waals surface area contributed by atoms with E-state index < -0.39 is 0 Å². The van der Waals surface area contributed by atoms with Gasteiger partial charge in [0.05, 0.1) is 12.9 Å². The van der Waals surface area contributed by atoms with Gasteiger partial charge in [-0.1, -0.05) is 24.3 Å². The van der Waals surface area contributed by atoms with Crippen molar-refractivity contribution in [2.45, 2.75) is 13.8 Å². The van der Waals surface area contributed by atoms with Crippen molar-refractivity contribution in [2.75, 3.05) is 6.61 Å². The van der Waals surface area contributed by atoms with E-state index in [0.717, 1.165) is 33.1 Å². The lowest BCUT2D eigenvalue weighted by molar-refractivity contribution is 0.270. The first kappa shape index (κ1) is 11.8. The van der Waals surface area contributed by atoms with Crippen molar-refractivity contribution >= 4 is 27.5 Å². The number of allylic oxidation sites excluding steroid dienone is 1. The molecule has 0 fully saturated rings. The van der Waals surface area contributed by atoms with Crippen LogP contribution in [0.1, 0.15) is 19.4 Å². The highest BCUT2D eigenvalue weighted by Crippen LogP contribution is 2.30. The fourth-order valence-electron chi connectivity index (χ4n) is 2.25. The number of fused-ring (bicyclic) bond motifs is 3. The fourth-order valence-corrected chi connectivity index (χ4v) is 2.25. The van der Waals surface area contributed by atoms with Gasteiger partial charge in [-0.3, -0.25) is 0 Å². The summed E-state index contributed by atoms with van der Waals surface area (Å²) in [5.74, 6) is 0. The second kappa shape index (κ2) is 4.81. The normalized spacial score (nSPS) is 12.2. The summed E-state index contributed by atoms with van der Waals surface area (Å²) in [6.45, 7) is 4.73. The van der Waals surface area contributed by atoms with Gasteiger partial charge in [-0.15, -0.1) is 0 Å². The van der Waals surface area contributed by atoms with Gasteiger partial charge >= 0.3 is 0 Å². The van der Waals surface area contributed by atoms with Crippen LogP contribution in [0.15, 0.2) is 53.1 Å². The number of rotatable bonds is 3. The van der Waals surface area contributed by atoms with E-state index in [2.05, 4.69) is 25.1 Å². The average molecular weight is 252 g/mol. The molecule has 19 heavy (non-hydrogen) atoms. The summed E-state index contributed by atoms with van der Waals surface area (Å²) in [4.78, 5) is 0. The Bertz CT molecular complexity index is 750. The Balaban J connectivity index is 2.16.